The normalized spacial score (nSPS) is 11.4. The average molecular weight is 739 g/mol. The van der Waals surface area contributed by atoms with Crippen LogP contribution in [0.4, 0.5) is 17.1 Å². The summed E-state index contributed by atoms with van der Waals surface area (Å²) in [6.07, 6.45) is 0. The number of fused-ring (bicyclic) bond motifs is 5. The van der Waals surface area contributed by atoms with E-state index in [1.54, 1.807) is 0 Å². The van der Waals surface area contributed by atoms with Gasteiger partial charge in [-0.2, -0.15) is 0 Å². The molecule has 0 radical (unpaired) electrons. The van der Waals surface area contributed by atoms with Crippen LogP contribution in [0.25, 0.3) is 82.4 Å². The fraction of sp³-hybridized carbons (Fsp3) is 0. The number of para-hydroxylation sites is 2. The third-order valence-electron chi connectivity index (χ3n) is 11.5. The highest BCUT2D eigenvalue weighted by atomic mass is 15.1. The van der Waals surface area contributed by atoms with Crippen LogP contribution in [-0.2, 0) is 0 Å². The van der Waals surface area contributed by atoms with Gasteiger partial charge in [0.25, 0.3) is 0 Å². The summed E-state index contributed by atoms with van der Waals surface area (Å²) in [4.78, 5) is 2.40. The van der Waals surface area contributed by atoms with Gasteiger partial charge >= 0.3 is 0 Å². The van der Waals surface area contributed by atoms with Crippen molar-refractivity contribution in [1.29, 1.82) is 0 Å². The minimum atomic E-state index is 1.09. The zero-order valence-electron chi connectivity index (χ0n) is 31.8. The lowest BCUT2D eigenvalue weighted by Gasteiger charge is -2.27. The van der Waals surface area contributed by atoms with Gasteiger partial charge in [-0.1, -0.05) is 170 Å². The topological polar surface area (TPSA) is 8.17 Å². The van der Waals surface area contributed by atoms with Gasteiger partial charge in [0.2, 0.25) is 0 Å². The van der Waals surface area contributed by atoms with Crippen molar-refractivity contribution in [3.63, 3.8) is 0 Å². The molecule has 0 N–H and O–H groups in total. The molecule has 0 aliphatic heterocycles. The zero-order valence-corrected chi connectivity index (χ0v) is 31.8. The van der Waals surface area contributed by atoms with E-state index in [4.69, 9.17) is 0 Å². The van der Waals surface area contributed by atoms with Crippen LogP contribution in [0.15, 0.2) is 231 Å². The zero-order chi connectivity index (χ0) is 38.4. The van der Waals surface area contributed by atoms with Crippen molar-refractivity contribution in [3.05, 3.63) is 231 Å². The van der Waals surface area contributed by atoms with Crippen molar-refractivity contribution in [2.45, 2.75) is 0 Å². The van der Waals surface area contributed by atoms with Gasteiger partial charge in [-0.3, -0.25) is 0 Å². The van der Waals surface area contributed by atoms with Gasteiger partial charge in [0.15, 0.2) is 0 Å². The Morgan fingerprint density at radius 2 is 0.828 bits per heavy atom. The number of anilines is 3. The second-order valence-electron chi connectivity index (χ2n) is 15.0. The molecule has 0 saturated carbocycles. The molecule has 0 atom stereocenters. The fourth-order valence-electron chi connectivity index (χ4n) is 8.78. The molecule has 0 fully saturated rings. The molecular formula is C56H38N2. The van der Waals surface area contributed by atoms with Crippen LogP contribution in [-0.4, -0.2) is 4.57 Å². The number of rotatable bonds is 7. The highest BCUT2D eigenvalue weighted by Crippen LogP contribution is 2.44. The summed E-state index contributed by atoms with van der Waals surface area (Å²) in [6.45, 7) is 0. The molecule has 11 aromatic rings. The minimum Gasteiger partial charge on any atom is -0.310 e. The monoisotopic (exact) mass is 738 g/mol. The summed E-state index contributed by atoms with van der Waals surface area (Å²) in [5, 5.41) is 7.37. The molecule has 0 bridgehead atoms. The predicted octanol–water partition coefficient (Wildman–Crippen LogP) is 15.6. The first-order valence-corrected chi connectivity index (χ1v) is 19.9. The molecule has 11 rings (SSSR count). The number of benzene rings is 10. The van der Waals surface area contributed by atoms with Crippen LogP contribution < -0.4 is 4.90 Å². The lowest BCUT2D eigenvalue weighted by atomic mass is 9.92. The summed E-state index contributed by atoms with van der Waals surface area (Å²) in [5.41, 5.74) is 13.9. The van der Waals surface area contributed by atoms with Gasteiger partial charge in [0.1, 0.15) is 0 Å². The molecule has 58 heavy (non-hydrogen) atoms. The van der Waals surface area contributed by atoms with Crippen LogP contribution in [0.1, 0.15) is 0 Å². The molecular weight excluding hydrogens is 701 g/mol. The molecule has 0 saturated heterocycles. The standard InChI is InChI=1S/C56H38N2/c1-4-17-40(18-5-1)52-37-47(30-32-49(52)45-29-28-39-16-10-11-21-42(39)34-45)57(46-24-8-3-9-25-46)48-31-33-51-50-26-14-15-27-54(50)58(56(51)38-48)55-36-44-23-13-12-22-43(44)35-53(55)41-19-6-2-7-20-41/h1-38H. The maximum atomic E-state index is 2.48. The van der Waals surface area contributed by atoms with E-state index in [9.17, 15) is 0 Å². The summed E-state index contributed by atoms with van der Waals surface area (Å²) >= 11 is 0. The second kappa shape index (κ2) is 14.1. The van der Waals surface area contributed by atoms with E-state index in [1.807, 2.05) is 0 Å². The van der Waals surface area contributed by atoms with E-state index >= 15 is 0 Å². The van der Waals surface area contributed by atoms with E-state index in [0.717, 1.165) is 28.3 Å². The van der Waals surface area contributed by atoms with Gasteiger partial charge < -0.3 is 9.47 Å². The van der Waals surface area contributed by atoms with Crippen LogP contribution >= 0.6 is 0 Å². The third kappa shape index (κ3) is 5.82. The molecule has 1 aromatic heterocycles. The van der Waals surface area contributed by atoms with Crippen molar-refractivity contribution in [3.8, 4) is 39.1 Å². The van der Waals surface area contributed by atoms with Gasteiger partial charge in [-0.15, -0.1) is 0 Å². The number of nitrogens with zero attached hydrogens (tertiary/aromatic N) is 2. The Balaban J connectivity index is 1.15. The molecule has 0 amide bonds. The van der Waals surface area contributed by atoms with E-state index in [0.29, 0.717) is 0 Å². The third-order valence-corrected chi connectivity index (χ3v) is 11.5. The van der Waals surface area contributed by atoms with E-state index in [2.05, 4.69) is 240 Å². The number of hydrogen-bond donors (Lipinski definition) is 0. The Kier molecular flexibility index (Phi) is 8.19. The van der Waals surface area contributed by atoms with Crippen molar-refractivity contribution in [1.82, 2.24) is 4.57 Å². The van der Waals surface area contributed by atoms with Crippen molar-refractivity contribution in [2.75, 3.05) is 4.90 Å². The summed E-state index contributed by atoms with van der Waals surface area (Å²) in [5.74, 6) is 0. The Bertz CT molecular complexity index is 3270. The predicted molar refractivity (Wildman–Crippen MR) is 247 cm³/mol. The van der Waals surface area contributed by atoms with E-state index in [1.165, 1.54) is 71.2 Å². The Morgan fingerprint density at radius 3 is 1.57 bits per heavy atom. The quantitative estimate of drug-likeness (QED) is 0.158. The van der Waals surface area contributed by atoms with Crippen molar-refractivity contribution < 1.29 is 0 Å². The highest BCUT2D eigenvalue weighted by Gasteiger charge is 2.21. The summed E-state index contributed by atoms with van der Waals surface area (Å²) < 4.78 is 2.48. The van der Waals surface area contributed by atoms with Crippen LogP contribution in [0.3, 0.4) is 0 Å². The Labute approximate surface area is 338 Å². The van der Waals surface area contributed by atoms with Crippen molar-refractivity contribution >= 4 is 60.4 Å². The molecule has 1 heterocycles. The first kappa shape index (κ1) is 33.6. The van der Waals surface area contributed by atoms with E-state index in [-0.39, 0.29) is 0 Å². The van der Waals surface area contributed by atoms with Crippen molar-refractivity contribution in [2.24, 2.45) is 0 Å². The van der Waals surface area contributed by atoms with E-state index < -0.39 is 0 Å². The molecule has 2 nitrogen and oxygen atoms in total. The first-order chi connectivity index (χ1) is 28.8. The minimum absolute atomic E-state index is 1.09. The summed E-state index contributed by atoms with van der Waals surface area (Å²) in [7, 11) is 0. The molecule has 2 heteroatoms. The van der Waals surface area contributed by atoms with Gasteiger partial charge in [-0.25, -0.2) is 0 Å². The Morgan fingerprint density at radius 1 is 0.276 bits per heavy atom. The molecule has 0 aliphatic rings. The molecule has 0 spiro atoms. The fourth-order valence-corrected chi connectivity index (χ4v) is 8.78. The molecule has 0 unspecified atom stereocenters. The lowest BCUT2D eigenvalue weighted by molar-refractivity contribution is 1.18. The van der Waals surface area contributed by atoms with Gasteiger partial charge in [-0.05, 0) is 110 Å². The highest BCUT2D eigenvalue weighted by molar-refractivity contribution is 6.11. The Hall–Kier alpha value is -7.68. The van der Waals surface area contributed by atoms with Gasteiger partial charge in [0.05, 0.1) is 16.7 Å². The molecule has 10 aromatic carbocycles. The maximum Gasteiger partial charge on any atom is 0.0562 e. The lowest BCUT2D eigenvalue weighted by Crippen LogP contribution is -2.10. The summed E-state index contributed by atoms with van der Waals surface area (Å²) in [6, 6.07) is 83.8. The van der Waals surface area contributed by atoms with Crippen LogP contribution in [0, 0.1) is 0 Å². The van der Waals surface area contributed by atoms with Gasteiger partial charge in [0, 0.05) is 33.4 Å². The number of aromatic nitrogens is 1. The molecule has 0 aliphatic carbocycles. The van der Waals surface area contributed by atoms with Crippen LogP contribution in [0.5, 0.6) is 0 Å². The molecule has 272 valence electrons. The second-order valence-corrected chi connectivity index (χ2v) is 15.0. The SMILES string of the molecule is c1ccc(-c2cc(N(c3ccccc3)c3ccc4c5ccccc5n(-c5cc6ccccc6cc5-c5ccccc5)c4c3)ccc2-c2ccc3ccccc3c2)cc1. The maximum absolute atomic E-state index is 2.48. The smallest absolute Gasteiger partial charge is 0.0562 e. The average Bonchev–Trinajstić information content (AvgIpc) is 3.63. The number of hydrogen-bond acceptors (Lipinski definition) is 1. The van der Waals surface area contributed by atoms with Crippen LogP contribution in [0.2, 0.25) is 0 Å². The first-order valence-electron chi connectivity index (χ1n) is 19.9. The largest absolute Gasteiger partial charge is 0.310 e.